The largest absolute Gasteiger partial charge is 0.361 e. The molecule has 19 heavy (non-hydrogen) atoms. The standard InChI is InChI=1S/C15H20F2N2/c1-11(19(3)10-15(2,16)17)8-12-9-18-14-7-5-4-6-13(12)14/h4-7,9,11,18H,8,10H2,1-3H3/t11-/m1/s1. The van der Waals surface area contributed by atoms with Gasteiger partial charge in [-0.1, -0.05) is 18.2 Å². The average Bonchev–Trinajstić information content (AvgIpc) is 2.70. The van der Waals surface area contributed by atoms with Crippen LogP contribution in [0.1, 0.15) is 19.4 Å². The molecule has 1 atom stereocenters. The lowest BCUT2D eigenvalue weighted by Crippen LogP contribution is -2.38. The zero-order chi connectivity index (χ0) is 14.0. The molecule has 1 aromatic heterocycles. The van der Waals surface area contributed by atoms with Gasteiger partial charge in [-0.15, -0.1) is 0 Å². The fourth-order valence-electron chi connectivity index (χ4n) is 2.37. The molecule has 0 aliphatic carbocycles. The first kappa shape index (κ1) is 14.0. The van der Waals surface area contributed by atoms with Crippen molar-refractivity contribution in [2.45, 2.75) is 32.2 Å². The van der Waals surface area contributed by atoms with Gasteiger partial charge in [-0.05, 0) is 32.0 Å². The van der Waals surface area contributed by atoms with E-state index in [0.29, 0.717) is 0 Å². The van der Waals surface area contributed by atoms with Gasteiger partial charge in [0.05, 0.1) is 6.54 Å². The lowest BCUT2D eigenvalue weighted by molar-refractivity contribution is -0.0162. The molecule has 0 aliphatic heterocycles. The molecule has 0 saturated carbocycles. The Morgan fingerprint density at radius 3 is 2.68 bits per heavy atom. The molecule has 2 nitrogen and oxygen atoms in total. The van der Waals surface area contributed by atoms with Gasteiger partial charge < -0.3 is 4.98 Å². The van der Waals surface area contributed by atoms with Crippen LogP contribution in [0.2, 0.25) is 0 Å². The molecule has 0 bridgehead atoms. The van der Waals surface area contributed by atoms with Gasteiger partial charge >= 0.3 is 0 Å². The summed E-state index contributed by atoms with van der Waals surface area (Å²) in [6.07, 6.45) is 2.73. The molecule has 0 aliphatic rings. The molecule has 0 saturated heterocycles. The van der Waals surface area contributed by atoms with E-state index < -0.39 is 5.92 Å². The molecular formula is C15H20F2N2. The third-order valence-electron chi connectivity index (χ3n) is 3.47. The lowest BCUT2D eigenvalue weighted by Gasteiger charge is -2.27. The van der Waals surface area contributed by atoms with E-state index >= 15 is 0 Å². The summed E-state index contributed by atoms with van der Waals surface area (Å²) in [5, 5.41) is 1.17. The summed E-state index contributed by atoms with van der Waals surface area (Å²) in [6.45, 7) is 2.73. The second kappa shape index (κ2) is 5.29. The number of likely N-dealkylation sites (N-methyl/N-ethyl adjacent to an activating group) is 1. The summed E-state index contributed by atoms with van der Waals surface area (Å²) in [4.78, 5) is 4.92. The number of hydrogen-bond donors (Lipinski definition) is 1. The van der Waals surface area contributed by atoms with Crippen LogP contribution in [0.15, 0.2) is 30.5 Å². The van der Waals surface area contributed by atoms with Crippen molar-refractivity contribution in [1.29, 1.82) is 0 Å². The van der Waals surface area contributed by atoms with Crippen LogP contribution in [0.3, 0.4) is 0 Å². The van der Waals surface area contributed by atoms with Crippen LogP contribution in [-0.4, -0.2) is 35.4 Å². The van der Waals surface area contributed by atoms with Gasteiger partial charge in [0.15, 0.2) is 0 Å². The molecule has 1 aromatic carbocycles. The molecule has 0 amide bonds. The second-order valence-electron chi connectivity index (χ2n) is 5.40. The molecule has 1 N–H and O–H groups in total. The maximum absolute atomic E-state index is 13.0. The molecule has 2 rings (SSSR count). The Hall–Kier alpha value is -1.42. The first-order valence-corrected chi connectivity index (χ1v) is 6.50. The van der Waals surface area contributed by atoms with E-state index in [0.717, 1.165) is 18.9 Å². The van der Waals surface area contributed by atoms with Crippen molar-refractivity contribution in [3.8, 4) is 0 Å². The number of para-hydroxylation sites is 1. The summed E-state index contributed by atoms with van der Waals surface area (Å²) in [5.74, 6) is -2.65. The van der Waals surface area contributed by atoms with Crippen LogP contribution in [0, 0.1) is 0 Å². The van der Waals surface area contributed by atoms with E-state index in [-0.39, 0.29) is 12.6 Å². The van der Waals surface area contributed by atoms with Gasteiger partial charge in [0, 0.05) is 30.1 Å². The van der Waals surface area contributed by atoms with Crippen LogP contribution >= 0.6 is 0 Å². The van der Waals surface area contributed by atoms with Crippen molar-refractivity contribution in [3.63, 3.8) is 0 Å². The van der Waals surface area contributed by atoms with E-state index in [9.17, 15) is 8.78 Å². The predicted octanol–water partition coefficient (Wildman–Crippen LogP) is 3.69. The Kier molecular flexibility index (Phi) is 3.90. The van der Waals surface area contributed by atoms with E-state index in [4.69, 9.17) is 0 Å². The first-order chi connectivity index (χ1) is 8.87. The van der Waals surface area contributed by atoms with E-state index in [1.54, 1.807) is 11.9 Å². The quantitative estimate of drug-likeness (QED) is 0.874. The minimum Gasteiger partial charge on any atom is -0.361 e. The Morgan fingerprint density at radius 1 is 1.32 bits per heavy atom. The van der Waals surface area contributed by atoms with Gasteiger partial charge in [-0.3, -0.25) is 4.90 Å². The number of fused-ring (bicyclic) bond motifs is 1. The van der Waals surface area contributed by atoms with Gasteiger partial charge in [0.1, 0.15) is 0 Å². The van der Waals surface area contributed by atoms with Crippen LogP contribution < -0.4 is 0 Å². The zero-order valence-electron chi connectivity index (χ0n) is 11.6. The van der Waals surface area contributed by atoms with Gasteiger partial charge in [-0.25, -0.2) is 8.78 Å². The van der Waals surface area contributed by atoms with Gasteiger partial charge in [0.25, 0.3) is 5.92 Å². The molecular weight excluding hydrogens is 246 g/mol. The third-order valence-corrected chi connectivity index (χ3v) is 3.47. The Morgan fingerprint density at radius 2 is 2.00 bits per heavy atom. The molecule has 0 unspecified atom stereocenters. The molecule has 4 heteroatoms. The van der Waals surface area contributed by atoms with Crippen LogP contribution in [-0.2, 0) is 6.42 Å². The van der Waals surface area contributed by atoms with Crippen molar-refractivity contribution in [3.05, 3.63) is 36.0 Å². The smallest absolute Gasteiger partial charge is 0.257 e. The lowest BCUT2D eigenvalue weighted by atomic mass is 10.1. The molecule has 0 radical (unpaired) electrons. The molecule has 104 valence electrons. The van der Waals surface area contributed by atoms with Gasteiger partial charge in [-0.2, -0.15) is 0 Å². The van der Waals surface area contributed by atoms with Crippen LogP contribution in [0.25, 0.3) is 10.9 Å². The average molecular weight is 266 g/mol. The third kappa shape index (κ3) is 3.53. The van der Waals surface area contributed by atoms with Crippen molar-refractivity contribution < 1.29 is 8.78 Å². The fourth-order valence-corrected chi connectivity index (χ4v) is 2.37. The molecule has 2 aromatic rings. The highest BCUT2D eigenvalue weighted by atomic mass is 19.3. The maximum Gasteiger partial charge on any atom is 0.257 e. The molecule has 1 heterocycles. The van der Waals surface area contributed by atoms with Crippen molar-refractivity contribution in [2.24, 2.45) is 0 Å². The van der Waals surface area contributed by atoms with Crippen LogP contribution in [0.5, 0.6) is 0 Å². The Labute approximate surface area is 112 Å². The number of aromatic amines is 1. The summed E-state index contributed by atoms with van der Waals surface area (Å²) >= 11 is 0. The van der Waals surface area contributed by atoms with E-state index in [1.807, 2.05) is 31.3 Å². The van der Waals surface area contributed by atoms with Gasteiger partial charge in [0.2, 0.25) is 0 Å². The number of alkyl halides is 2. The number of nitrogens with one attached hydrogen (secondary N) is 1. The monoisotopic (exact) mass is 266 g/mol. The number of halogens is 2. The Bertz CT molecular complexity index is 542. The Balaban J connectivity index is 2.08. The SMILES string of the molecule is C[C@H](Cc1c[nH]c2ccccc12)N(C)CC(C)(F)F. The van der Waals surface area contributed by atoms with E-state index in [2.05, 4.69) is 11.1 Å². The molecule has 0 spiro atoms. The highest BCUT2D eigenvalue weighted by Crippen LogP contribution is 2.21. The maximum atomic E-state index is 13.0. The molecule has 0 fully saturated rings. The number of H-pyrrole nitrogens is 1. The number of aromatic nitrogens is 1. The number of benzene rings is 1. The fraction of sp³-hybridized carbons (Fsp3) is 0.467. The minimum atomic E-state index is -2.65. The summed E-state index contributed by atoms with van der Waals surface area (Å²) in [5.41, 5.74) is 2.27. The predicted molar refractivity (Wildman–Crippen MR) is 74.7 cm³/mol. The van der Waals surface area contributed by atoms with Crippen molar-refractivity contribution >= 4 is 10.9 Å². The summed E-state index contributed by atoms with van der Waals surface area (Å²) < 4.78 is 26.0. The normalized spacial score (nSPS) is 14.2. The topological polar surface area (TPSA) is 19.0 Å². The minimum absolute atomic E-state index is 0.0741. The highest BCUT2D eigenvalue weighted by Gasteiger charge is 2.25. The first-order valence-electron chi connectivity index (χ1n) is 6.50. The zero-order valence-corrected chi connectivity index (χ0v) is 11.6. The number of hydrogen-bond acceptors (Lipinski definition) is 1. The summed E-state index contributed by atoms with van der Waals surface area (Å²) in [7, 11) is 1.75. The van der Waals surface area contributed by atoms with Crippen molar-refractivity contribution in [2.75, 3.05) is 13.6 Å². The summed E-state index contributed by atoms with van der Waals surface area (Å²) in [6, 6.07) is 8.13. The number of rotatable bonds is 5. The second-order valence-corrected chi connectivity index (χ2v) is 5.40. The number of nitrogens with zero attached hydrogens (tertiary/aromatic N) is 1. The van der Waals surface area contributed by atoms with E-state index in [1.165, 1.54) is 10.9 Å². The highest BCUT2D eigenvalue weighted by molar-refractivity contribution is 5.83. The van der Waals surface area contributed by atoms with Crippen LogP contribution in [0.4, 0.5) is 8.78 Å². The van der Waals surface area contributed by atoms with Crippen molar-refractivity contribution in [1.82, 2.24) is 9.88 Å².